The molecular formula is C14H19N5O3. The largest absolute Gasteiger partial charge is 0.480 e. The summed E-state index contributed by atoms with van der Waals surface area (Å²) in [5.41, 5.74) is 2.00. The molecule has 8 heteroatoms. The van der Waals surface area contributed by atoms with Crippen LogP contribution in [0.2, 0.25) is 0 Å². The highest BCUT2D eigenvalue weighted by Crippen LogP contribution is 2.15. The SMILES string of the molecule is CCCn1nc(C)c(C(=O)Nc2ccn(CC(=O)O)n2)c1C. The number of carboxylic acids is 1. The van der Waals surface area contributed by atoms with E-state index in [1.165, 1.54) is 10.9 Å². The Morgan fingerprint density at radius 3 is 2.68 bits per heavy atom. The maximum absolute atomic E-state index is 12.4. The molecule has 0 bridgehead atoms. The third-order valence-corrected chi connectivity index (χ3v) is 3.22. The van der Waals surface area contributed by atoms with Crippen molar-refractivity contribution < 1.29 is 14.7 Å². The Kier molecular flexibility index (Phi) is 4.59. The van der Waals surface area contributed by atoms with Gasteiger partial charge in [-0.15, -0.1) is 0 Å². The monoisotopic (exact) mass is 305 g/mol. The molecule has 0 aliphatic rings. The van der Waals surface area contributed by atoms with Gasteiger partial charge in [-0.1, -0.05) is 6.92 Å². The average Bonchev–Trinajstić information content (AvgIpc) is 2.95. The van der Waals surface area contributed by atoms with Crippen molar-refractivity contribution in [2.24, 2.45) is 0 Å². The number of anilines is 1. The number of hydrogen-bond donors (Lipinski definition) is 2. The molecule has 22 heavy (non-hydrogen) atoms. The van der Waals surface area contributed by atoms with Gasteiger partial charge in [-0.2, -0.15) is 10.2 Å². The molecule has 0 unspecified atom stereocenters. The topological polar surface area (TPSA) is 102 Å². The van der Waals surface area contributed by atoms with E-state index in [0.29, 0.717) is 17.1 Å². The van der Waals surface area contributed by atoms with Crippen molar-refractivity contribution in [1.82, 2.24) is 19.6 Å². The van der Waals surface area contributed by atoms with E-state index in [1.54, 1.807) is 13.0 Å². The lowest BCUT2D eigenvalue weighted by molar-refractivity contribution is -0.137. The number of carbonyl (C=O) groups is 2. The summed E-state index contributed by atoms with van der Waals surface area (Å²) in [5, 5.41) is 19.7. The van der Waals surface area contributed by atoms with Crippen molar-refractivity contribution in [3.63, 3.8) is 0 Å². The minimum atomic E-state index is -0.992. The van der Waals surface area contributed by atoms with Gasteiger partial charge in [0.25, 0.3) is 5.91 Å². The van der Waals surface area contributed by atoms with Crippen LogP contribution >= 0.6 is 0 Å². The minimum absolute atomic E-state index is 0.248. The predicted octanol–water partition coefficient (Wildman–Crippen LogP) is 1.44. The first kappa shape index (κ1) is 15.7. The molecule has 2 N–H and O–H groups in total. The van der Waals surface area contributed by atoms with Crippen LogP contribution < -0.4 is 5.32 Å². The van der Waals surface area contributed by atoms with Crippen molar-refractivity contribution in [3.8, 4) is 0 Å². The molecule has 118 valence electrons. The van der Waals surface area contributed by atoms with Crippen LogP contribution in [0.15, 0.2) is 12.3 Å². The van der Waals surface area contributed by atoms with Crippen LogP contribution in [0.4, 0.5) is 5.82 Å². The fourth-order valence-electron chi connectivity index (χ4n) is 2.29. The second-order valence-electron chi connectivity index (χ2n) is 5.02. The highest BCUT2D eigenvalue weighted by molar-refractivity contribution is 6.05. The Labute approximate surface area is 127 Å². The molecule has 2 aromatic heterocycles. The van der Waals surface area contributed by atoms with E-state index in [0.717, 1.165) is 18.7 Å². The lowest BCUT2D eigenvalue weighted by Crippen LogP contribution is -2.15. The molecule has 0 aliphatic heterocycles. The lowest BCUT2D eigenvalue weighted by Gasteiger charge is -2.04. The molecule has 0 saturated carbocycles. The number of aryl methyl sites for hydroxylation is 2. The number of nitrogens with one attached hydrogen (secondary N) is 1. The summed E-state index contributed by atoms with van der Waals surface area (Å²) in [7, 11) is 0. The maximum Gasteiger partial charge on any atom is 0.325 e. The molecule has 2 aromatic rings. The van der Waals surface area contributed by atoms with Crippen molar-refractivity contribution in [2.45, 2.75) is 40.3 Å². The Morgan fingerprint density at radius 1 is 1.32 bits per heavy atom. The fraction of sp³-hybridized carbons (Fsp3) is 0.429. The number of rotatable bonds is 6. The standard InChI is InChI=1S/C14H19N5O3/c1-4-6-19-10(3)13(9(2)16-19)14(22)15-11-5-7-18(17-11)8-12(20)21/h5,7H,4,6,8H2,1-3H3,(H,20,21)(H,15,17,22). The molecule has 0 spiro atoms. The van der Waals surface area contributed by atoms with E-state index < -0.39 is 5.97 Å². The van der Waals surface area contributed by atoms with Crippen molar-refractivity contribution in [1.29, 1.82) is 0 Å². The molecule has 0 aliphatic carbocycles. The molecule has 0 radical (unpaired) electrons. The first-order valence-corrected chi connectivity index (χ1v) is 7.03. The van der Waals surface area contributed by atoms with Crippen LogP contribution in [-0.2, 0) is 17.9 Å². The van der Waals surface area contributed by atoms with Crippen LogP contribution in [-0.4, -0.2) is 36.5 Å². The molecule has 0 fully saturated rings. The van der Waals surface area contributed by atoms with Gasteiger partial charge in [0.15, 0.2) is 5.82 Å². The van der Waals surface area contributed by atoms with Crippen LogP contribution in [0.3, 0.4) is 0 Å². The third-order valence-electron chi connectivity index (χ3n) is 3.22. The number of hydrogen-bond acceptors (Lipinski definition) is 4. The number of aliphatic carboxylic acids is 1. The zero-order valence-corrected chi connectivity index (χ0v) is 12.8. The lowest BCUT2D eigenvalue weighted by atomic mass is 10.2. The van der Waals surface area contributed by atoms with Gasteiger partial charge in [-0.05, 0) is 20.3 Å². The van der Waals surface area contributed by atoms with Crippen molar-refractivity contribution >= 4 is 17.7 Å². The zero-order valence-electron chi connectivity index (χ0n) is 12.8. The molecule has 0 atom stereocenters. The molecule has 0 aromatic carbocycles. The Bertz CT molecular complexity index is 701. The third kappa shape index (κ3) is 3.33. The predicted molar refractivity (Wildman–Crippen MR) is 79.8 cm³/mol. The van der Waals surface area contributed by atoms with E-state index in [1.807, 2.05) is 18.5 Å². The van der Waals surface area contributed by atoms with Crippen LogP contribution in [0.5, 0.6) is 0 Å². The summed E-state index contributed by atoms with van der Waals surface area (Å²) >= 11 is 0. The summed E-state index contributed by atoms with van der Waals surface area (Å²) in [6.07, 6.45) is 2.44. The zero-order chi connectivity index (χ0) is 16.3. The van der Waals surface area contributed by atoms with E-state index in [4.69, 9.17) is 5.11 Å². The molecule has 2 rings (SSSR count). The van der Waals surface area contributed by atoms with Gasteiger partial charge in [0.2, 0.25) is 0 Å². The average molecular weight is 305 g/mol. The number of carbonyl (C=O) groups excluding carboxylic acids is 1. The Hall–Kier alpha value is -2.64. The van der Waals surface area contributed by atoms with Gasteiger partial charge in [0, 0.05) is 24.5 Å². The summed E-state index contributed by atoms with van der Waals surface area (Å²) in [6, 6.07) is 1.56. The van der Waals surface area contributed by atoms with Gasteiger partial charge in [-0.25, -0.2) is 0 Å². The van der Waals surface area contributed by atoms with Crippen LogP contribution in [0.1, 0.15) is 35.1 Å². The van der Waals surface area contributed by atoms with E-state index in [-0.39, 0.29) is 12.5 Å². The van der Waals surface area contributed by atoms with Gasteiger partial charge in [-0.3, -0.25) is 19.0 Å². The molecule has 1 amide bonds. The van der Waals surface area contributed by atoms with E-state index in [9.17, 15) is 9.59 Å². The second-order valence-corrected chi connectivity index (χ2v) is 5.02. The Morgan fingerprint density at radius 2 is 2.05 bits per heavy atom. The van der Waals surface area contributed by atoms with Gasteiger partial charge >= 0.3 is 5.97 Å². The highest BCUT2D eigenvalue weighted by atomic mass is 16.4. The molecule has 0 saturated heterocycles. The number of nitrogens with zero attached hydrogens (tertiary/aromatic N) is 4. The van der Waals surface area contributed by atoms with Gasteiger partial charge in [0.1, 0.15) is 6.54 Å². The first-order chi connectivity index (χ1) is 10.4. The maximum atomic E-state index is 12.4. The highest BCUT2D eigenvalue weighted by Gasteiger charge is 2.19. The number of carboxylic acid groups (broad SMARTS) is 1. The quantitative estimate of drug-likeness (QED) is 0.841. The Balaban J connectivity index is 2.15. The molecule has 8 nitrogen and oxygen atoms in total. The van der Waals surface area contributed by atoms with E-state index in [2.05, 4.69) is 15.5 Å². The van der Waals surface area contributed by atoms with Gasteiger partial charge in [0.05, 0.1) is 11.3 Å². The summed E-state index contributed by atoms with van der Waals surface area (Å²) in [5.74, 6) is -0.972. The fourth-order valence-corrected chi connectivity index (χ4v) is 2.29. The first-order valence-electron chi connectivity index (χ1n) is 7.03. The van der Waals surface area contributed by atoms with E-state index >= 15 is 0 Å². The molecular weight excluding hydrogens is 286 g/mol. The van der Waals surface area contributed by atoms with Crippen LogP contribution in [0, 0.1) is 13.8 Å². The van der Waals surface area contributed by atoms with Crippen LogP contribution in [0.25, 0.3) is 0 Å². The molecule has 2 heterocycles. The number of aromatic nitrogens is 4. The minimum Gasteiger partial charge on any atom is -0.480 e. The summed E-state index contributed by atoms with van der Waals surface area (Å²) in [6.45, 7) is 6.20. The summed E-state index contributed by atoms with van der Waals surface area (Å²) < 4.78 is 3.06. The smallest absolute Gasteiger partial charge is 0.325 e. The van der Waals surface area contributed by atoms with Gasteiger partial charge < -0.3 is 10.4 Å². The normalized spacial score (nSPS) is 10.7. The number of amides is 1. The van der Waals surface area contributed by atoms with Crippen molar-refractivity contribution in [2.75, 3.05) is 5.32 Å². The second kappa shape index (κ2) is 6.42. The summed E-state index contributed by atoms with van der Waals surface area (Å²) in [4.78, 5) is 23.0. The van der Waals surface area contributed by atoms with Crippen molar-refractivity contribution in [3.05, 3.63) is 29.2 Å².